The Kier molecular flexibility index (Phi) is 2.79. The number of fused-ring (bicyclic) bond motifs is 1. The highest BCUT2D eigenvalue weighted by Crippen LogP contribution is 2.44. The zero-order valence-electron chi connectivity index (χ0n) is 10.1. The standard InChI is InChI=1S/C11H12N4O2S2/c1-15-10(12)13-14-11(15)18-8-6-19(16,17)9-5-3-2-4-7(8)9/h2-5,8H,6H2,1H3,(H2,12,13). The molecule has 1 aromatic carbocycles. The van der Waals surface area contributed by atoms with Crippen LogP contribution in [0.5, 0.6) is 0 Å². The lowest BCUT2D eigenvalue weighted by molar-refractivity contribution is 0.600. The third kappa shape index (κ3) is 2.00. The second kappa shape index (κ2) is 4.24. The Morgan fingerprint density at radius 3 is 2.79 bits per heavy atom. The first-order chi connectivity index (χ1) is 8.99. The minimum atomic E-state index is -3.19. The first-order valence-corrected chi connectivity index (χ1v) is 8.15. The molecule has 6 nitrogen and oxygen atoms in total. The fourth-order valence-electron chi connectivity index (χ4n) is 2.06. The Labute approximate surface area is 114 Å². The van der Waals surface area contributed by atoms with Gasteiger partial charge >= 0.3 is 0 Å². The summed E-state index contributed by atoms with van der Waals surface area (Å²) in [5, 5.41) is 8.18. The molecule has 1 aromatic heterocycles. The smallest absolute Gasteiger partial charge is 0.222 e. The van der Waals surface area contributed by atoms with Crippen LogP contribution >= 0.6 is 11.8 Å². The molecule has 0 fully saturated rings. The van der Waals surface area contributed by atoms with Gasteiger partial charge in [-0.1, -0.05) is 30.0 Å². The molecule has 2 heterocycles. The summed E-state index contributed by atoms with van der Waals surface area (Å²) in [6.45, 7) is 0. The van der Waals surface area contributed by atoms with Gasteiger partial charge in [0.2, 0.25) is 5.95 Å². The van der Waals surface area contributed by atoms with Crippen LogP contribution in [0.25, 0.3) is 0 Å². The lowest BCUT2D eigenvalue weighted by Crippen LogP contribution is -2.03. The van der Waals surface area contributed by atoms with E-state index in [1.165, 1.54) is 11.8 Å². The number of rotatable bonds is 2. The normalized spacial score (nSPS) is 20.4. The molecule has 0 aliphatic carbocycles. The minimum Gasteiger partial charge on any atom is -0.368 e. The van der Waals surface area contributed by atoms with E-state index in [-0.39, 0.29) is 11.0 Å². The van der Waals surface area contributed by atoms with Gasteiger partial charge in [0, 0.05) is 7.05 Å². The molecule has 0 saturated heterocycles. The first kappa shape index (κ1) is 12.5. The monoisotopic (exact) mass is 296 g/mol. The topological polar surface area (TPSA) is 90.9 Å². The van der Waals surface area contributed by atoms with Crippen LogP contribution in [0.15, 0.2) is 34.3 Å². The lowest BCUT2D eigenvalue weighted by atomic mass is 10.2. The molecule has 1 aliphatic rings. The number of aromatic nitrogens is 3. The van der Waals surface area contributed by atoms with E-state index >= 15 is 0 Å². The molecule has 8 heteroatoms. The average Bonchev–Trinajstić information content (AvgIpc) is 2.82. The Bertz CT molecular complexity index is 739. The molecule has 2 aromatic rings. The number of hydrogen-bond donors (Lipinski definition) is 1. The van der Waals surface area contributed by atoms with Crippen LogP contribution in [0.4, 0.5) is 5.95 Å². The summed E-state index contributed by atoms with van der Waals surface area (Å²) in [5.74, 6) is 0.403. The van der Waals surface area contributed by atoms with Gasteiger partial charge in [-0.2, -0.15) is 0 Å². The van der Waals surface area contributed by atoms with Gasteiger partial charge in [-0.3, -0.25) is 4.57 Å². The quantitative estimate of drug-likeness (QED) is 0.889. The molecule has 0 radical (unpaired) electrons. The highest BCUT2D eigenvalue weighted by atomic mass is 32.2. The van der Waals surface area contributed by atoms with Crippen LogP contribution in [0, 0.1) is 0 Å². The Hall–Kier alpha value is -1.54. The van der Waals surface area contributed by atoms with Crippen molar-refractivity contribution in [3.8, 4) is 0 Å². The Morgan fingerprint density at radius 1 is 1.37 bits per heavy atom. The van der Waals surface area contributed by atoms with Crippen LogP contribution in [0.2, 0.25) is 0 Å². The number of thioether (sulfide) groups is 1. The van der Waals surface area contributed by atoms with Crippen molar-refractivity contribution in [2.45, 2.75) is 15.3 Å². The van der Waals surface area contributed by atoms with E-state index in [1.54, 1.807) is 23.7 Å². The van der Waals surface area contributed by atoms with Crippen molar-refractivity contribution in [3.63, 3.8) is 0 Å². The Balaban J connectivity index is 1.99. The highest BCUT2D eigenvalue weighted by Gasteiger charge is 2.35. The predicted octanol–water partition coefficient (Wildman–Crippen LogP) is 1.02. The second-order valence-corrected chi connectivity index (χ2v) is 7.50. The zero-order chi connectivity index (χ0) is 13.6. The summed E-state index contributed by atoms with van der Waals surface area (Å²) in [6, 6.07) is 7.08. The summed E-state index contributed by atoms with van der Waals surface area (Å²) in [5.41, 5.74) is 6.45. The summed E-state index contributed by atoms with van der Waals surface area (Å²) < 4.78 is 25.8. The van der Waals surface area contributed by atoms with Gasteiger partial charge in [-0.25, -0.2) is 8.42 Å². The third-order valence-corrected chi connectivity index (χ3v) is 6.38. The molecule has 1 unspecified atom stereocenters. The molecule has 0 bridgehead atoms. The maximum atomic E-state index is 12.1. The van der Waals surface area contributed by atoms with Crippen LogP contribution in [-0.2, 0) is 16.9 Å². The van der Waals surface area contributed by atoms with Crippen molar-refractivity contribution in [2.24, 2.45) is 7.05 Å². The van der Waals surface area contributed by atoms with E-state index in [9.17, 15) is 8.42 Å². The minimum absolute atomic E-state index is 0.0871. The molecule has 3 rings (SSSR count). The summed E-state index contributed by atoms with van der Waals surface area (Å²) in [4.78, 5) is 0.419. The lowest BCUT2D eigenvalue weighted by Gasteiger charge is -2.08. The van der Waals surface area contributed by atoms with E-state index in [4.69, 9.17) is 5.73 Å². The largest absolute Gasteiger partial charge is 0.368 e. The van der Waals surface area contributed by atoms with Gasteiger partial charge in [-0.05, 0) is 11.6 Å². The zero-order valence-corrected chi connectivity index (χ0v) is 11.8. The van der Waals surface area contributed by atoms with E-state index in [1.807, 2.05) is 12.1 Å². The van der Waals surface area contributed by atoms with Crippen molar-refractivity contribution in [1.82, 2.24) is 14.8 Å². The van der Waals surface area contributed by atoms with Crippen molar-refractivity contribution >= 4 is 27.5 Å². The number of hydrogen-bond acceptors (Lipinski definition) is 6. The van der Waals surface area contributed by atoms with Crippen LogP contribution in [-0.4, -0.2) is 28.9 Å². The average molecular weight is 296 g/mol. The Morgan fingerprint density at radius 2 is 2.11 bits per heavy atom. The van der Waals surface area contributed by atoms with E-state index < -0.39 is 9.84 Å². The van der Waals surface area contributed by atoms with E-state index in [2.05, 4.69) is 10.2 Å². The van der Waals surface area contributed by atoms with Gasteiger partial charge in [0.1, 0.15) is 0 Å². The molecule has 19 heavy (non-hydrogen) atoms. The van der Waals surface area contributed by atoms with Crippen molar-refractivity contribution < 1.29 is 8.42 Å². The summed E-state index contributed by atoms with van der Waals surface area (Å²) in [6.07, 6.45) is 0. The van der Waals surface area contributed by atoms with Gasteiger partial charge in [0.25, 0.3) is 0 Å². The fourth-order valence-corrected chi connectivity index (χ4v) is 5.49. The second-order valence-electron chi connectivity index (χ2n) is 4.33. The van der Waals surface area contributed by atoms with Crippen LogP contribution < -0.4 is 5.73 Å². The molecule has 0 amide bonds. The number of anilines is 1. The van der Waals surface area contributed by atoms with Crippen molar-refractivity contribution in [2.75, 3.05) is 11.5 Å². The molecular weight excluding hydrogens is 284 g/mol. The molecule has 1 atom stereocenters. The molecule has 100 valence electrons. The van der Waals surface area contributed by atoms with Gasteiger partial charge in [0.15, 0.2) is 15.0 Å². The van der Waals surface area contributed by atoms with Gasteiger partial charge < -0.3 is 5.73 Å². The maximum absolute atomic E-state index is 12.1. The molecule has 0 saturated carbocycles. The highest BCUT2D eigenvalue weighted by molar-refractivity contribution is 8.01. The van der Waals surface area contributed by atoms with Gasteiger partial charge in [-0.15, -0.1) is 10.2 Å². The number of benzene rings is 1. The number of nitrogen functional groups attached to an aromatic ring is 1. The van der Waals surface area contributed by atoms with E-state index in [0.29, 0.717) is 16.0 Å². The summed E-state index contributed by atoms with van der Waals surface area (Å²) >= 11 is 1.37. The third-order valence-electron chi connectivity index (χ3n) is 3.09. The van der Waals surface area contributed by atoms with Crippen molar-refractivity contribution in [3.05, 3.63) is 29.8 Å². The van der Waals surface area contributed by atoms with Crippen LogP contribution in [0.1, 0.15) is 10.8 Å². The molecule has 1 aliphatic heterocycles. The molecule has 0 spiro atoms. The maximum Gasteiger partial charge on any atom is 0.222 e. The molecule has 2 N–H and O–H groups in total. The van der Waals surface area contributed by atoms with Gasteiger partial charge in [0.05, 0.1) is 15.9 Å². The number of sulfone groups is 1. The molecular formula is C11H12N4O2S2. The SMILES string of the molecule is Cn1c(N)nnc1SC1CS(=O)(=O)c2ccccc21. The summed E-state index contributed by atoms with van der Waals surface area (Å²) in [7, 11) is -1.43. The van der Waals surface area contributed by atoms with Crippen molar-refractivity contribution in [1.29, 1.82) is 0 Å². The number of nitrogens with two attached hydrogens (primary N) is 1. The fraction of sp³-hybridized carbons (Fsp3) is 0.273. The first-order valence-electron chi connectivity index (χ1n) is 5.62. The van der Waals surface area contributed by atoms with E-state index in [0.717, 1.165) is 5.56 Å². The van der Waals surface area contributed by atoms with Crippen LogP contribution in [0.3, 0.4) is 0 Å². The predicted molar refractivity (Wildman–Crippen MR) is 72.5 cm³/mol. The number of nitrogens with zero attached hydrogens (tertiary/aromatic N) is 3.